The molecule has 6 nitrogen and oxygen atoms in total. The molecule has 0 radical (unpaired) electrons. The van der Waals surface area contributed by atoms with Gasteiger partial charge in [0.1, 0.15) is 5.69 Å². The lowest BCUT2D eigenvalue weighted by Crippen LogP contribution is -2.34. The summed E-state index contributed by atoms with van der Waals surface area (Å²) in [4.78, 5) is 36.6. The third-order valence-electron chi connectivity index (χ3n) is 3.54. The molecule has 0 bridgehead atoms. The fourth-order valence-corrected chi connectivity index (χ4v) is 2.66. The Kier molecular flexibility index (Phi) is 2.98. The number of rotatable bonds is 3. The topological polar surface area (TPSA) is 75.7 Å². The van der Waals surface area contributed by atoms with Crippen molar-refractivity contribution >= 4 is 28.9 Å². The first-order chi connectivity index (χ1) is 9.95. The van der Waals surface area contributed by atoms with Gasteiger partial charge in [0.2, 0.25) is 0 Å². The average molecular weight is 307 g/mol. The van der Waals surface area contributed by atoms with Gasteiger partial charge in [-0.2, -0.15) is 0 Å². The number of hydrogen-bond acceptors (Lipinski definition) is 5. The summed E-state index contributed by atoms with van der Waals surface area (Å²) in [5, 5.41) is 3.31. The van der Waals surface area contributed by atoms with E-state index in [0.29, 0.717) is 28.4 Å². The molecule has 0 aliphatic carbocycles. The number of amides is 1. The molecule has 1 heterocycles. The van der Waals surface area contributed by atoms with E-state index < -0.39 is 10.9 Å². The number of carbonyl (C=O) groups excluding carboxylic acids is 1. The van der Waals surface area contributed by atoms with Crippen molar-refractivity contribution < 1.29 is 9.53 Å². The molecule has 0 spiro atoms. The SMILES string of the molecule is COc1c(Nc2ccc(Cl)c3c2C(=O)N(C)C3)c(=O)c1=O. The van der Waals surface area contributed by atoms with Crippen LogP contribution in [0.1, 0.15) is 15.9 Å². The molecule has 1 aliphatic rings. The molecule has 2 aromatic carbocycles. The molecule has 1 N–H and O–H groups in total. The normalized spacial score (nSPS) is 13.7. The van der Waals surface area contributed by atoms with Crippen molar-refractivity contribution in [3.8, 4) is 5.75 Å². The van der Waals surface area contributed by atoms with Gasteiger partial charge in [0.25, 0.3) is 16.8 Å². The highest BCUT2D eigenvalue weighted by molar-refractivity contribution is 6.32. The van der Waals surface area contributed by atoms with E-state index in [1.807, 2.05) is 0 Å². The van der Waals surface area contributed by atoms with Crippen LogP contribution >= 0.6 is 11.6 Å². The van der Waals surface area contributed by atoms with E-state index in [9.17, 15) is 14.4 Å². The minimum atomic E-state index is -0.672. The van der Waals surface area contributed by atoms with Crippen molar-refractivity contribution in [1.29, 1.82) is 0 Å². The molecular formula is C14H11ClN2O4. The Morgan fingerprint density at radius 2 is 1.95 bits per heavy atom. The van der Waals surface area contributed by atoms with Crippen LogP contribution in [0.3, 0.4) is 0 Å². The number of nitrogens with zero attached hydrogens (tertiary/aromatic N) is 1. The average Bonchev–Trinajstić information content (AvgIpc) is 2.78. The molecule has 1 aliphatic heterocycles. The van der Waals surface area contributed by atoms with Crippen LogP contribution in [-0.4, -0.2) is 25.0 Å². The van der Waals surface area contributed by atoms with Gasteiger partial charge < -0.3 is 15.0 Å². The first-order valence-corrected chi connectivity index (χ1v) is 6.54. The van der Waals surface area contributed by atoms with E-state index in [0.717, 1.165) is 0 Å². The highest BCUT2D eigenvalue weighted by atomic mass is 35.5. The largest absolute Gasteiger partial charge is 0.491 e. The van der Waals surface area contributed by atoms with E-state index >= 15 is 0 Å². The molecule has 108 valence electrons. The zero-order chi connectivity index (χ0) is 15.3. The summed E-state index contributed by atoms with van der Waals surface area (Å²) in [5.41, 5.74) is 0.291. The predicted octanol–water partition coefficient (Wildman–Crippen LogP) is 1.27. The van der Waals surface area contributed by atoms with Crippen molar-refractivity contribution in [1.82, 2.24) is 4.90 Å². The van der Waals surface area contributed by atoms with Crippen LogP contribution in [0.25, 0.3) is 0 Å². The van der Waals surface area contributed by atoms with E-state index in [1.165, 1.54) is 12.0 Å². The number of hydrogen-bond donors (Lipinski definition) is 1. The molecule has 0 saturated carbocycles. The Balaban J connectivity index is 2.08. The lowest BCUT2D eigenvalue weighted by molar-refractivity contribution is 0.0817. The summed E-state index contributed by atoms with van der Waals surface area (Å²) in [7, 11) is 2.98. The maximum atomic E-state index is 12.2. The molecular weight excluding hydrogens is 296 g/mol. The summed E-state index contributed by atoms with van der Waals surface area (Å²) >= 11 is 6.10. The lowest BCUT2D eigenvalue weighted by atomic mass is 10.1. The molecule has 0 saturated heterocycles. The monoisotopic (exact) mass is 306 g/mol. The summed E-state index contributed by atoms with van der Waals surface area (Å²) < 4.78 is 4.87. The molecule has 1 amide bonds. The number of halogens is 1. The summed E-state index contributed by atoms with van der Waals surface area (Å²) in [6.45, 7) is 0.408. The zero-order valence-electron chi connectivity index (χ0n) is 11.3. The van der Waals surface area contributed by atoms with Crippen LogP contribution in [0.4, 0.5) is 11.4 Å². The summed E-state index contributed by atoms with van der Waals surface area (Å²) in [6.07, 6.45) is 0. The van der Waals surface area contributed by atoms with Crippen LogP contribution < -0.4 is 20.9 Å². The standard InChI is InChI=1S/C14H11ClN2O4/c1-17-5-6-7(15)3-4-8(9(6)14(17)20)16-10-11(18)12(19)13(10)21-2/h3-4,16H,5H2,1-2H3. The Labute approximate surface area is 124 Å². The zero-order valence-corrected chi connectivity index (χ0v) is 12.1. The first kappa shape index (κ1) is 13.6. The quantitative estimate of drug-likeness (QED) is 0.864. The maximum absolute atomic E-state index is 12.2. The van der Waals surface area contributed by atoms with Gasteiger partial charge in [0.15, 0.2) is 5.75 Å². The predicted molar refractivity (Wildman–Crippen MR) is 78.4 cm³/mol. The highest BCUT2D eigenvalue weighted by Gasteiger charge is 2.31. The van der Waals surface area contributed by atoms with Gasteiger partial charge in [-0.1, -0.05) is 11.6 Å². The van der Waals surface area contributed by atoms with E-state index in [-0.39, 0.29) is 17.3 Å². The van der Waals surface area contributed by atoms with Crippen molar-refractivity contribution in [2.75, 3.05) is 19.5 Å². The van der Waals surface area contributed by atoms with Crippen molar-refractivity contribution in [3.05, 3.63) is 48.7 Å². The fourth-order valence-electron chi connectivity index (χ4n) is 2.44. The number of fused-ring (bicyclic) bond motifs is 1. The molecule has 3 rings (SSSR count). The van der Waals surface area contributed by atoms with Gasteiger partial charge in [-0.15, -0.1) is 0 Å². The number of benzene rings is 1. The van der Waals surface area contributed by atoms with Crippen molar-refractivity contribution in [2.45, 2.75) is 6.54 Å². The van der Waals surface area contributed by atoms with Gasteiger partial charge >= 0.3 is 0 Å². The van der Waals surface area contributed by atoms with E-state index in [2.05, 4.69) is 5.32 Å². The van der Waals surface area contributed by atoms with Crippen molar-refractivity contribution in [2.24, 2.45) is 0 Å². The maximum Gasteiger partial charge on any atom is 0.272 e. The second-order valence-corrected chi connectivity index (χ2v) is 5.21. The summed E-state index contributed by atoms with van der Waals surface area (Å²) in [6, 6.07) is 3.25. The Morgan fingerprint density at radius 3 is 2.62 bits per heavy atom. The number of carbonyl (C=O) groups is 1. The minimum absolute atomic E-state index is 0.0255. The molecule has 0 atom stereocenters. The fraction of sp³-hybridized carbons (Fsp3) is 0.214. The first-order valence-electron chi connectivity index (χ1n) is 6.17. The molecule has 7 heteroatoms. The second kappa shape index (κ2) is 4.60. The minimum Gasteiger partial charge on any atom is -0.491 e. The van der Waals surface area contributed by atoms with Crippen molar-refractivity contribution in [3.63, 3.8) is 0 Å². The second-order valence-electron chi connectivity index (χ2n) is 4.80. The third-order valence-corrected chi connectivity index (χ3v) is 3.90. The Morgan fingerprint density at radius 1 is 1.24 bits per heavy atom. The highest BCUT2D eigenvalue weighted by Crippen LogP contribution is 2.35. The van der Waals surface area contributed by atoms with Gasteiger partial charge in [0.05, 0.1) is 18.4 Å². The van der Waals surface area contributed by atoms with Gasteiger partial charge in [0, 0.05) is 24.2 Å². The van der Waals surface area contributed by atoms with Gasteiger partial charge in [-0.05, 0) is 12.1 Å². The summed E-state index contributed by atoms with van der Waals surface area (Å²) in [5.74, 6) is -0.213. The van der Waals surface area contributed by atoms with Gasteiger partial charge in [-0.3, -0.25) is 14.4 Å². The van der Waals surface area contributed by atoms with Crippen LogP contribution in [0.5, 0.6) is 5.75 Å². The molecule has 0 aromatic heterocycles. The van der Waals surface area contributed by atoms with Gasteiger partial charge in [-0.25, -0.2) is 0 Å². The Bertz CT molecular complexity index is 836. The smallest absolute Gasteiger partial charge is 0.272 e. The van der Waals surface area contributed by atoms with E-state index in [4.69, 9.17) is 16.3 Å². The number of nitrogens with one attached hydrogen (secondary N) is 1. The van der Waals surface area contributed by atoms with Crippen LogP contribution in [-0.2, 0) is 6.54 Å². The Hall–Kier alpha value is -2.34. The molecule has 0 fully saturated rings. The molecule has 21 heavy (non-hydrogen) atoms. The third kappa shape index (κ3) is 1.83. The number of ether oxygens (including phenoxy) is 1. The lowest BCUT2D eigenvalue weighted by Gasteiger charge is -2.14. The molecule has 2 aromatic rings. The van der Waals surface area contributed by atoms with Crippen LogP contribution in [0.15, 0.2) is 21.7 Å². The van der Waals surface area contributed by atoms with E-state index in [1.54, 1.807) is 19.2 Å². The van der Waals surface area contributed by atoms with Crippen LogP contribution in [0.2, 0.25) is 5.02 Å². The van der Waals surface area contributed by atoms with Crippen LogP contribution in [0, 0.1) is 0 Å². The molecule has 0 unspecified atom stereocenters. The number of methoxy groups -OCH3 is 1. The number of anilines is 2.